The number of nitrogens with zero attached hydrogens (tertiary/aromatic N) is 4. The summed E-state index contributed by atoms with van der Waals surface area (Å²) in [5, 5.41) is 0. The molecular formula is C22H26Cl4N4Ni2. The summed E-state index contributed by atoms with van der Waals surface area (Å²) in [7, 11) is 0. The first kappa shape index (κ1) is 38.3. The first-order valence-corrected chi connectivity index (χ1v) is 8.58. The first-order chi connectivity index (χ1) is 12.6. The standard InChI is InChI=1S/C22H22N4.4ClH.2Ni/c1-15-16(2)22(26-14-20-10-6-8-12-24-20)18(4)17(3)21(15)25-13-19-9-5-7-11-23-19;;;;;;/h5-14H,1-4H3;4*1H;;. The summed E-state index contributed by atoms with van der Waals surface area (Å²) < 4.78 is 0. The van der Waals surface area contributed by atoms with E-state index in [4.69, 9.17) is 9.98 Å². The average molecular weight is 606 g/mol. The van der Waals surface area contributed by atoms with Gasteiger partial charge >= 0.3 is 0 Å². The molecule has 0 radical (unpaired) electrons. The van der Waals surface area contributed by atoms with Crippen LogP contribution in [0.4, 0.5) is 11.4 Å². The van der Waals surface area contributed by atoms with Crippen molar-refractivity contribution in [2.75, 3.05) is 0 Å². The number of rotatable bonds is 4. The monoisotopic (exact) mass is 602 g/mol. The van der Waals surface area contributed by atoms with E-state index in [2.05, 4.69) is 37.7 Å². The minimum atomic E-state index is 0. The van der Waals surface area contributed by atoms with Gasteiger partial charge in [0.1, 0.15) is 0 Å². The van der Waals surface area contributed by atoms with Gasteiger partial charge in [0.2, 0.25) is 0 Å². The second-order valence-electron chi connectivity index (χ2n) is 6.22. The van der Waals surface area contributed by atoms with E-state index < -0.39 is 0 Å². The largest absolute Gasteiger partial charge is 0.255 e. The Balaban J connectivity index is -0.000000653. The summed E-state index contributed by atoms with van der Waals surface area (Å²) in [6, 6.07) is 11.6. The molecule has 0 N–H and O–H groups in total. The SMILES string of the molecule is Cc1c(C)c(N=Cc2ccccn2)c(C)c(C)c1N=Cc1ccccn1.Cl.Cl.Cl.Cl.[Ni].[Ni]. The molecule has 3 aromatic rings. The second kappa shape index (κ2) is 18.4. The summed E-state index contributed by atoms with van der Waals surface area (Å²) in [5.41, 5.74) is 8.20. The van der Waals surface area contributed by atoms with Gasteiger partial charge < -0.3 is 0 Å². The molecule has 0 saturated heterocycles. The third-order valence-corrected chi connectivity index (χ3v) is 4.57. The Kier molecular flexibility index (Phi) is 22.1. The number of pyridine rings is 2. The molecule has 1 aromatic carbocycles. The molecule has 2 aromatic heterocycles. The van der Waals surface area contributed by atoms with Gasteiger partial charge in [-0.25, -0.2) is 0 Å². The average Bonchev–Trinajstić information content (AvgIpc) is 2.68. The van der Waals surface area contributed by atoms with Crippen molar-refractivity contribution in [1.82, 2.24) is 9.97 Å². The fourth-order valence-corrected chi connectivity index (χ4v) is 2.83. The van der Waals surface area contributed by atoms with Crippen LogP contribution in [0.5, 0.6) is 0 Å². The van der Waals surface area contributed by atoms with Gasteiger partial charge in [-0.15, -0.1) is 49.6 Å². The van der Waals surface area contributed by atoms with E-state index in [-0.39, 0.29) is 82.6 Å². The number of benzene rings is 1. The normalized spacial score (nSPS) is 9.38. The van der Waals surface area contributed by atoms with E-state index in [1.165, 1.54) is 0 Å². The van der Waals surface area contributed by atoms with E-state index in [0.717, 1.165) is 45.0 Å². The summed E-state index contributed by atoms with van der Waals surface area (Å²) >= 11 is 0. The molecule has 0 aliphatic rings. The van der Waals surface area contributed by atoms with Crippen molar-refractivity contribution in [2.24, 2.45) is 9.98 Å². The summed E-state index contributed by atoms with van der Waals surface area (Å²) in [5.74, 6) is 0. The van der Waals surface area contributed by atoms with E-state index in [0.29, 0.717) is 0 Å². The molecule has 0 aliphatic carbocycles. The van der Waals surface area contributed by atoms with Crippen LogP contribution < -0.4 is 0 Å². The van der Waals surface area contributed by atoms with Gasteiger partial charge in [-0.05, 0) is 74.2 Å². The smallest absolute Gasteiger partial charge is 0.0812 e. The molecule has 0 spiro atoms. The predicted molar refractivity (Wildman–Crippen MR) is 137 cm³/mol. The van der Waals surface area contributed by atoms with Gasteiger partial charge in [-0.1, -0.05) is 12.1 Å². The van der Waals surface area contributed by atoms with Crippen LogP contribution in [0.3, 0.4) is 0 Å². The Morgan fingerprint density at radius 3 is 1.12 bits per heavy atom. The molecule has 0 amide bonds. The molecule has 2 heterocycles. The van der Waals surface area contributed by atoms with Crippen molar-refractivity contribution < 1.29 is 33.0 Å². The van der Waals surface area contributed by atoms with E-state index in [1.54, 1.807) is 12.4 Å². The summed E-state index contributed by atoms with van der Waals surface area (Å²) in [4.78, 5) is 18.0. The third kappa shape index (κ3) is 9.47. The Morgan fingerprint density at radius 2 is 0.875 bits per heavy atom. The van der Waals surface area contributed by atoms with Gasteiger partial charge in [-0.3, -0.25) is 20.0 Å². The molecular weight excluding hydrogens is 579 g/mol. The predicted octanol–water partition coefficient (Wildman–Crippen LogP) is 6.89. The van der Waals surface area contributed by atoms with Crippen molar-refractivity contribution in [1.29, 1.82) is 0 Å². The van der Waals surface area contributed by atoms with Crippen LogP contribution >= 0.6 is 49.6 Å². The quantitative estimate of drug-likeness (QED) is 0.240. The molecule has 32 heavy (non-hydrogen) atoms. The van der Waals surface area contributed by atoms with Crippen molar-refractivity contribution in [3.63, 3.8) is 0 Å². The van der Waals surface area contributed by atoms with E-state index in [1.807, 2.05) is 48.8 Å². The van der Waals surface area contributed by atoms with Gasteiger partial charge in [-0.2, -0.15) is 0 Å². The van der Waals surface area contributed by atoms with Crippen LogP contribution in [0.2, 0.25) is 0 Å². The fraction of sp³-hybridized carbons (Fsp3) is 0.182. The number of hydrogen-bond acceptors (Lipinski definition) is 4. The minimum absolute atomic E-state index is 0. The summed E-state index contributed by atoms with van der Waals surface area (Å²) in [6.45, 7) is 8.36. The maximum Gasteiger partial charge on any atom is 0.0812 e. The van der Waals surface area contributed by atoms with E-state index >= 15 is 0 Å². The molecule has 182 valence electrons. The van der Waals surface area contributed by atoms with Gasteiger partial charge in [0, 0.05) is 45.4 Å². The van der Waals surface area contributed by atoms with Crippen LogP contribution in [-0.4, -0.2) is 22.4 Å². The van der Waals surface area contributed by atoms with Crippen LogP contribution in [0.15, 0.2) is 58.8 Å². The molecule has 0 bridgehead atoms. The molecule has 0 fully saturated rings. The van der Waals surface area contributed by atoms with Crippen LogP contribution in [-0.2, 0) is 33.0 Å². The van der Waals surface area contributed by atoms with Crippen molar-refractivity contribution in [3.8, 4) is 0 Å². The Bertz CT molecular complexity index is 877. The van der Waals surface area contributed by atoms with Crippen molar-refractivity contribution in [3.05, 3.63) is 82.4 Å². The number of aromatic nitrogens is 2. The zero-order valence-corrected chi connectivity index (χ0v) is 23.1. The maximum absolute atomic E-state index is 4.70. The van der Waals surface area contributed by atoms with Crippen LogP contribution in [0.1, 0.15) is 33.6 Å². The number of halogens is 4. The fourth-order valence-electron chi connectivity index (χ4n) is 2.83. The molecule has 3 rings (SSSR count). The molecule has 0 aliphatic heterocycles. The molecule has 4 nitrogen and oxygen atoms in total. The Hall–Kier alpha value is -0.993. The topological polar surface area (TPSA) is 50.5 Å². The van der Waals surface area contributed by atoms with Gasteiger partial charge in [0.25, 0.3) is 0 Å². The van der Waals surface area contributed by atoms with Crippen molar-refractivity contribution in [2.45, 2.75) is 27.7 Å². The zero-order valence-electron chi connectivity index (χ0n) is 17.8. The maximum atomic E-state index is 4.70. The zero-order chi connectivity index (χ0) is 18.5. The Morgan fingerprint density at radius 1 is 0.562 bits per heavy atom. The minimum Gasteiger partial charge on any atom is -0.255 e. The van der Waals surface area contributed by atoms with Crippen LogP contribution in [0, 0.1) is 27.7 Å². The van der Waals surface area contributed by atoms with E-state index in [9.17, 15) is 0 Å². The molecule has 0 atom stereocenters. The summed E-state index contributed by atoms with van der Waals surface area (Å²) in [6.07, 6.45) is 7.16. The molecule has 0 unspecified atom stereocenters. The van der Waals surface area contributed by atoms with Crippen molar-refractivity contribution >= 4 is 73.4 Å². The third-order valence-electron chi connectivity index (χ3n) is 4.57. The first-order valence-electron chi connectivity index (χ1n) is 8.58. The van der Waals surface area contributed by atoms with Gasteiger partial charge in [0.05, 0.1) is 35.2 Å². The number of aliphatic imine (C=N–C) groups is 2. The second-order valence-corrected chi connectivity index (χ2v) is 6.22. The number of hydrogen-bond donors (Lipinski definition) is 0. The Labute approximate surface area is 235 Å². The van der Waals surface area contributed by atoms with Gasteiger partial charge in [0.15, 0.2) is 0 Å². The molecule has 0 saturated carbocycles. The molecule has 10 heteroatoms. The van der Waals surface area contributed by atoms with Crippen LogP contribution in [0.25, 0.3) is 0 Å².